The Hall–Kier alpha value is -2.33. The number of fused-ring (bicyclic) bond motifs is 1. The maximum atomic E-state index is 12.4. The summed E-state index contributed by atoms with van der Waals surface area (Å²) in [5, 5.41) is 23.3. The first-order chi connectivity index (χ1) is 10.8. The molecule has 1 aromatic carbocycles. The highest BCUT2D eigenvalue weighted by atomic mass is 32.2. The highest BCUT2D eigenvalue weighted by Gasteiger charge is 2.20. The van der Waals surface area contributed by atoms with Gasteiger partial charge in [-0.3, -0.25) is 0 Å². The number of thiol groups is 1. The van der Waals surface area contributed by atoms with Gasteiger partial charge in [0.2, 0.25) is 0 Å². The van der Waals surface area contributed by atoms with Crippen LogP contribution >= 0.6 is 12.6 Å². The molecule has 23 heavy (non-hydrogen) atoms. The number of rotatable bonds is 3. The van der Waals surface area contributed by atoms with Crippen molar-refractivity contribution in [1.29, 1.82) is 0 Å². The summed E-state index contributed by atoms with van der Waals surface area (Å²) in [7, 11) is -3.79. The van der Waals surface area contributed by atoms with Crippen LogP contribution in [0.2, 0.25) is 0 Å². The molecule has 10 heteroatoms. The number of aromatic nitrogens is 4. The molecule has 3 aromatic rings. The molecule has 2 heterocycles. The number of aryl methyl sites for hydroxylation is 1. The van der Waals surface area contributed by atoms with E-state index in [4.69, 9.17) is 0 Å². The van der Waals surface area contributed by atoms with Crippen LogP contribution in [-0.4, -0.2) is 38.2 Å². The van der Waals surface area contributed by atoms with E-state index in [2.05, 4.69) is 27.7 Å². The molecule has 0 atom stereocenters. The zero-order valence-corrected chi connectivity index (χ0v) is 13.6. The van der Waals surface area contributed by atoms with E-state index in [0.717, 1.165) is 12.1 Å². The lowest BCUT2D eigenvalue weighted by atomic mass is 10.3. The highest BCUT2D eigenvalue weighted by Crippen LogP contribution is 2.28. The number of phenols is 2. The third-order valence-electron chi connectivity index (χ3n) is 3.09. The monoisotopic (exact) mass is 352 g/mol. The van der Waals surface area contributed by atoms with Gasteiger partial charge in [0.25, 0.3) is 5.78 Å². The summed E-state index contributed by atoms with van der Waals surface area (Å²) in [4.78, 5) is 8.11. The molecule has 0 amide bonds. The normalized spacial score (nSPS) is 11.9. The molecule has 0 bridgehead atoms. The van der Waals surface area contributed by atoms with Crippen LogP contribution in [0.1, 0.15) is 11.5 Å². The molecule has 2 N–H and O–H groups in total. The van der Waals surface area contributed by atoms with Crippen LogP contribution in [0.25, 0.3) is 5.78 Å². The van der Waals surface area contributed by atoms with Crippen LogP contribution < -0.4 is 0 Å². The van der Waals surface area contributed by atoms with Gasteiger partial charge >= 0.3 is 0 Å². The van der Waals surface area contributed by atoms with Crippen molar-refractivity contribution >= 4 is 28.2 Å². The fourth-order valence-corrected chi connectivity index (χ4v) is 3.54. The number of hydrogen-bond acceptors (Lipinski definition) is 8. The van der Waals surface area contributed by atoms with E-state index in [1.165, 1.54) is 10.6 Å². The smallest absolute Gasteiger partial charge is 0.253 e. The van der Waals surface area contributed by atoms with Gasteiger partial charge in [-0.15, -0.1) is 17.7 Å². The SMILES string of the molecule is Cc1cc(S)n2nc(CS(=O)(=O)c3ccc(O)c(O)c3)nc2n1. The molecule has 0 radical (unpaired) electrons. The predicted molar refractivity (Wildman–Crippen MR) is 83.4 cm³/mol. The minimum Gasteiger partial charge on any atom is -0.504 e. The number of hydrogen-bond donors (Lipinski definition) is 3. The molecule has 8 nitrogen and oxygen atoms in total. The highest BCUT2D eigenvalue weighted by molar-refractivity contribution is 7.90. The molecular formula is C13H12N4O4S2. The molecule has 0 saturated heterocycles. The van der Waals surface area contributed by atoms with E-state index in [9.17, 15) is 18.6 Å². The lowest BCUT2D eigenvalue weighted by Gasteiger charge is -2.03. The van der Waals surface area contributed by atoms with Crippen molar-refractivity contribution in [3.8, 4) is 11.5 Å². The van der Waals surface area contributed by atoms with Crippen LogP contribution in [0, 0.1) is 6.92 Å². The van der Waals surface area contributed by atoms with Gasteiger partial charge in [-0.2, -0.15) is 9.50 Å². The molecule has 0 spiro atoms. The zero-order chi connectivity index (χ0) is 16.8. The van der Waals surface area contributed by atoms with E-state index >= 15 is 0 Å². The van der Waals surface area contributed by atoms with Gasteiger partial charge in [0, 0.05) is 11.8 Å². The van der Waals surface area contributed by atoms with Crippen LogP contribution in [0.3, 0.4) is 0 Å². The van der Waals surface area contributed by atoms with Crippen LogP contribution in [-0.2, 0) is 15.6 Å². The summed E-state index contributed by atoms with van der Waals surface area (Å²) in [6.07, 6.45) is 0. The second-order valence-electron chi connectivity index (χ2n) is 4.91. The van der Waals surface area contributed by atoms with Crippen molar-refractivity contribution in [2.24, 2.45) is 0 Å². The van der Waals surface area contributed by atoms with Crippen molar-refractivity contribution in [1.82, 2.24) is 19.6 Å². The Bertz CT molecular complexity index is 1010. The van der Waals surface area contributed by atoms with Gasteiger partial charge in [-0.1, -0.05) is 0 Å². The van der Waals surface area contributed by atoms with Crippen LogP contribution in [0.15, 0.2) is 34.2 Å². The molecule has 2 aromatic heterocycles. The second-order valence-corrected chi connectivity index (χ2v) is 7.35. The van der Waals surface area contributed by atoms with Gasteiger partial charge in [0.05, 0.1) is 4.90 Å². The number of aromatic hydroxyl groups is 2. The van der Waals surface area contributed by atoms with E-state index in [0.29, 0.717) is 10.7 Å². The average molecular weight is 352 g/mol. The minimum atomic E-state index is -3.79. The Balaban J connectivity index is 2.00. The Morgan fingerprint density at radius 1 is 1.17 bits per heavy atom. The molecule has 0 aliphatic heterocycles. The quantitative estimate of drug-likeness (QED) is 0.367. The molecule has 3 rings (SSSR count). The van der Waals surface area contributed by atoms with E-state index < -0.39 is 27.1 Å². The van der Waals surface area contributed by atoms with E-state index in [1.54, 1.807) is 13.0 Å². The summed E-state index contributed by atoms with van der Waals surface area (Å²) >= 11 is 4.25. The van der Waals surface area contributed by atoms with Gasteiger partial charge < -0.3 is 10.2 Å². The summed E-state index contributed by atoms with van der Waals surface area (Å²) in [6.45, 7) is 1.77. The van der Waals surface area contributed by atoms with Crippen LogP contribution in [0.4, 0.5) is 0 Å². The lowest BCUT2D eigenvalue weighted by Crippen LogP contribution is -2.06. The fourth-order valence-electron chi connectivity index (χ4n) is 2.02. The number of benzene rings is 1. The van der Waals surface area contributed by atoms with Gasteiger partial charge in [-0.05, 0) is 25.1 Å². The number of nitrogens with zero attached hydrogens (tertiary/aromatic N) is 4. The largest absolute Gasteiger partial charge is 0.504 e. The van der Waals surface area contributed by atoms with E-state index in [-0.39, 0.29) is 16.5 Å². The van der Waals surface area contributed by atoms with Crippen molar-refractivity contribution < 1.29 is 18.6 Å². The first-order valence-corrected chi connectivity index (χ1v) is 8.53. The van der Waals surface area contributed by atoms with Gasteiger partial charge in [0.15, 0.2) is 27.2 Å². The number of sulfone groups is 1. The summed E-state index contributed by atoms with van der Waals surface area (Å²) in [6, 6.07) is 4.97. The first kappa shape index (κ1) is 15.6. The summed E-state index contributed by atoms with van der Waals surface area (Å²) in [5.74, 6) is -1.05. The first-order valence-electron chi connectivity index (χ1n) is 6.43. The Morgan fingerprint density at radius 3 is 2.61 bits per heavy atom. The minimum absolute atomic E-state index is 0.0611. The molecule has 0 aliphatic rings. The topological polar surface area (TPSA) is 118 Å². The summed E-state index contributed by atoms with van der Waals surface area (Å²) < 4.78 is 26.1. The number of phenolic OH excluding ortho intramolecular Hbond substituents is 2. The molecule has 0 unspecified atom stereocenters. The standard InChI is InChI=1S/C13H12N4O4S2/c1-7-4-12(22)17-13(14-7)15-11(16-17)6-23(20,21)8-2-3-9(18)10(19)5-8/h2-5,18-19,22H,6H2,1H3. The maximum absolute atomic E-state index is 12.4. The Labute approximate surface area is 136 Å². The molecule has 0 aliphatic carbocycles. The maximum Gasteiger partial charge on any atom is 0.253 e. The molecular weight excluding hydrogens is 340 g/mol. The van der Waals surface area contributed by atoms with Crippen molar-refractivity contribution in [2.75, 3.05) is 0 Å². The van der Waals surface area contributed by atoms with E-state index in [1.807, 2.05) is 0 Å². The Kier molecular flexibility index (Phi) is 3.65. The Morgan fingerprint density at radius 2 is 1.91 bits per heavy atom. The predicted octanol–water partition coefficient (Wildman–Crippen LogP) is 1.11. The summed E-state index contributed by atoms with van der Waals surface area (Å²) in [5.41, 5.74) is 0.688. The molecule has 0 saturated carbocycles. The van der Waals surface area contributed by atoms with Crippen LogP contribution in [0.5, 0.6) is 11.5 Å². The third kappa shape index (κ3) is 2.94. The van der Waals surface area contributed by atoms with Gasteiger partial charge in [0.1, 0.15) is 10.8 Å². The van der Waals surface area contributed by atoms with Crippen molar-refractivity contribution in [3.63, 3.8) is 0 Å². The lowest BCUT2D eigenvalue weighted by molar-refractivity contribution is 0.402. The fraction of sp³-hybridized carbons (Fsp3) is 0.154. The van der Waals surface area contributed by atoms with Gasteiger partial charge in [-0.25, -0.2) is 13.4 Å². The van der Waals surface area contributed by atoms with Crippen molar-refractivity contribution in [3.05, 3.63) is 35.8 Å². The molecule has 0 fully saturated rings. The third-order valence-corrected chi connectivity index (χ3v) is 5.02. The average Bonchev–Trinajstić information content (AvgIpc) is 2.83. The zero-order valence-electron chi connectivity index (χ0n) is 11.9. The molecule has 120 valence electrons. The second kappa shape index (κ2) is 5.39. The van der Waals surface area contributed by atoms with Crippen molar-refractivity contribution in [2.45, 2.75) is 22.6 Å².